The highest BCUT2D eigenvalue weighted by atomic mass is 16.6. The van der Waals surface area contributed by atoms with E-state index in [4.69, 9.17) is 14.2 Å². The highest BCUT2D eigenvalue weighted by Crippen LogP contribution is 2.19. The molecule has 1 saturated heterocycles. The lowest BCUT2D eigenvalue weighted by Gasteiger charge is -2.33. The van der Waals surface area contributed by atoms with Crippen molar-refractivity contribution in [3.8, 4) is 5.88 Å². The Hall–Kier alpha value is -1.89. The molecule has 7 heteroatoms. The number of nitrogens with zero attached hydrogens (tertiary/aromatic N) is 3. The highest BCUT2D eigenvalue weighted by Gasteiger charge is 2.27. The Balaban J connectivity index is 1.78. The number of methoxy groups -OCH3 is 1. The molecule has 2 rings (SSSR count). The summed E-state index contributed by atoms with van der Waals surface area (Å²) >= 11 is 0. The third kappa shape index (κ3) is 5.35. The zero-order chi connectivity index (χ0) is 16.9. The number of hydrogen-bond acceptors (Lipinski definition) is 6. The maximum Gasteiger partial charge on any atom is 0.410 e. The van der Waals surface area contributed by atoms with E-state index in [9.17, 15) is 4.79 Å². The van der Waals surface area contributed by atoms with E-state index in [1.165, 1.54) is 0 Å². The summed E-state index contributed by atoms with van der Waals surface area (Å²) in [6.07, 6.45) is 4.60. The van der Waals surface area contributed by atoms with Crippen molar-refractivity contribution in [2.75, 3.05) is 20.2 Å². The summed E-state index contributed by atoms with van der Waals surface area (Å²) < 4.78 is 16.4. The number of carbonyl (C=O) groups excluding carboxylic acids is 1. The first-order valence-corrected chi connectivity index (χ1v) is 7.82. The maximum atomic E-state index is 12.0. The molecule has 0 unspecified atom stereocenters. The lowest BCUT2D eigenvalue weighted by atomic mass is 10.1. The number of aromatic nitrogens is 2. The minimum absolute atomic E-state index is 0.0976. The number of piperidine rings is 1. The van der Waals surface area contributed by atoms with Crippen molar-refractivity contribution in [3.05, 3.63) is 18.1 Å². The molecular formula is C16H25N3O4. The summed E-state index contributed by atoms with van der Waals surface area (Å²) in [5.41, 5.74) is 0.219. The van der Waals surface area contributed by atoms with Gasteiger partial charge >= 0.3 is 6.09 Å². The molecule has 0 aliphatic carbocycles. The van der Waals surface area contributed by atoms with E-state index >= 15 is 0 Å². The highest BCUT2D eigenvalue weighted by molar-refractivity contribution is 5.68. The van der Waals surface area contributed by atoms with Gasteiger partial charge in [-0.3, -0.25) is 4.98 Å². The van der Waals surface area contributed by atoms with Crippen LogP contribution in [0.5, 0.6) is 5.88 Å². The van der Waals surface area contributed by atoms with Crippen LogP contribution >= 0.6 is 0 Å². The van der Waals surface area contributed by atoms with E-state index in [2.05, 4.69) is 9.97 Å². The van der Waals surface area contributed by atoms with Gasteiger partial charge in [0.15, 0.2) is 0 Å². The topological polar surface area (TPSA) is 73.8 Å². The van der Waals surface area contributed by atoms with Gasteiger partial charge in [-0.15, -0.1) is 0 Å². The molecule has 1 aliphatic rings. The van der Waals surface area contributed by atoms with Gasteiger partial charge in [-0.2, -0.15) is 0 Å². The van der Waals surface area contributed by atoms with Crippen molar-refractivity contribution < 1.29 is 19.0 Å². The summed E-state index contributed by atoms with van der Waals surface area (Å²) in [5.74, 6) is 0.485. The third-order valence-corrected chi connectivity index (χ3v) is 3.48. The van der Waals surface area contributed by atoms with Crippen LogP contribution in [0.1, 0.15) is 39.3 Å². The number of carbonyl (C=O) groups is 1. The van der Waals surface area contributed by atoms with Crippen LogP contribution in [0.15, 0.2) is 12.4 Å². The van der Waals surface area contributed by atoms with E-state index in [0.29, 0.717) is 31.3 Å². The van der Waals surface area contributed by atoms with Gasteiger partial charge in [0.05, 0.1) is 19.8 Å². The van der Waals surface area contributed by atoms with Crippen molar-refractivity contribution in [2.45, 2.75) is 51.9 Å². The zero-order valence-electron chi connectivity index (χ0n) is 14.2. The van der Waals surface area contributed by atoms with Gasteiger partial charge in [0.25, 0.3) is 0 Å². The molecule has 0 N–H and O–H groups in total. The van der Waals surface area contributed by atoms with E-state index in [0.717, 1.165) is 12.8 Å². The molecule has 0 saturated carbocycles. The first-order valence-electron chi connectivity index (χ1n) is 7.82. The monoisotopic (exact) mass is 323 g/mol. The smallest absolute Gasteiger partial charge is 0.410 e. The fourth-order valence-corrected chi connectivity index (χ4v) is 2.35. The predicted octanol–water partition coefficient (Wildman–Crippen LogP) is 2.40. The molecule has 23 heavy (non-hydrogen) atoms. The number of ether oxygens (including phenoxy) is 3. The zero-order valence-corrected chi connectivity index (χ0v) is 14.2. The molecule has 128 valence electrons. The van der Waals surface area contributed by atoms with Gasteiger partial charge in [0.1, 0.15) is 11.3 Å². The van der Waals surface area contributed by atoms with E-state index in [1.54, 1.807) is 24.4 Å². The number of amides is 1. The Morgan fingerprint density at radius 1 is 1.26 bits per heavy atom. The van der Waals surface area contributed by atoms with E-state index in [-0.39, 0.29) is 12.2 Å². The first kappa shape index (κ1) is 17.5. The molecule has 1 aromatic rings. The van der Waals surface area contributed by atoms with Crippen LogP contribution in [0.3, 0.4) is 0 Å². The van der Waals surface area contributed by atoms with Crippen LogP contribution in [-0.4, -0.2) is 52.9 Å². The van der Waals surface area contributed by atoms with Gasteiger partial charge in [-0.25, -0.2) is 9.78 Å². The van der Waals surface area contributed by atoms with Crippen LogP contribution in [0.4, 0.5) is 4.79 Å². The predicted molar refractivity (Wildman–Crippen MR) is 84.2 cm³/mol. The minimum atomic E-state index is -0.465. The third-order valence-electron chi connectivity index (χ3n) is 3.48. The molecule has 0 bridgehead atoms. The average molecular weight is 323 g/mol. The molecule has 0 spiro atoms. The summed E-state index contributed by atoms with van der Waals surface area (Å²) in [5, 5.41) is 0. The molecule has 7 nitrogen and oxygen atoms in total. The largest absolute Gasteiger partial charge is 0.480 e. The van der Waals surface area contributed by atoms with Gasteiger partial charge < -0.3 is 19.1 Å². The van der Waals surface area contributed by atoms with Gasteiger partial charge in [0.2, 0.25) is 5.88 Å². The molecule has 1 fully saturated rings. The molecule has 1 aromatic heterocycles. The molecule has 1 amide bonds. The minimum Gasteiger partial charge on any atom is -0.480 e. The van der Waals surface area contributed by atoms with Gasteiger partial charge in [-0.05, 0) is 33.6 Å². The summed E-state index contributed by atoms with van der Waals surface area (Å²) in [6.45, 7) is 7.24. The SMILES string of the molecule is COc1nccnc1COC1CCN(C(=O)OC(C)(C)C)CC1. The van der Waals surface area contributed by atoms with Crippen molar-refractivity contribution in [2.24, 2.45) is 0 Å². The van der Waals surface area contributed by atoms with Crippen molar-refractivity contribution >= 4 is 6.09 Å². The lowest BCUT2D eigenvalue weighted by molar-refractivity contribution is -0.0183. The Morgan fingerprint density at radius 3 is 2.52 bits per heavy atom. The van der Waals surface area contributed by atoms with E-state index < -0.39 is 5.60 Å². The summed E-state index contributed by atoms with van der Waals surface area (Å²) in [6, 6.07) is 0. The molecule has 2 heterocycles. The standard InChI is InChI=1S/C16H25N3O4/c1-16(2,3)23-15(20)19-9-5-12(6-10-19)22-11-13-14(21-4)18-8-7-17-13/h7-8,12H,5-6,9-11H2,1-4H3. The van der Waals surface area contributed by atoms with Crippen LogP contribution < -0.4 is 4.74 Å². The van der Waals surface area contributed by atoms with Crippen LogP contribution in [-0.2, 0) is 16.1 Å². The second-order valence-corrected chi connectivity index (χ2v) is 6.49. The number of rotatable bonds is 4. The Labute approximate surface area is 137 Å². The second-order valence-electron chi connectivity index (χ2n) is 6.49. The van der Waals surface area contributed by atoms with Crippen LogP contribution in [0, 0.1) is 0 Å². The van der Waals surface area contributed by atoms with Crippen LogP contribution in [0.25, 0.3) is 0 Å². The average Bonchev–Trinajstić information content (AvgIpc) is 2.52. The second kappa shape index (κ2) is 7.59. The maximum absolute atomic E-state index is 12.0. The number of hydrogen-bond donors (Lipinski definition) is 0. The Morgan fingerprint density at radius 2 is 1.91 bits per heavy atom. The molecular weight excluding hydrogens is 298 g/mol. The first-order chi connectivity index (χ1) is 10.9. The lowest BCUT2D eigenvalue weighted by Crippen LogP contribution is -2.43. The van der Waals surface area contributed by atoms with Crippen molar-refractivity contribution in [3.63, 3.8) is 0 Å². The molecule has 0 radical (unpaired) electrons. The fraction of sp³-hybridized carbons (Fsp3) is 0.688. The van der Waals surface area contributed by atoms with Gasteiger partial charge in [0, 0.05) is 25.5 Å². The molecule has 0 atom stereocenters. The molecule has 0 aromatic carbocycles. The molecule has 1 aliphatic heterocycles. The fourth-order valence-electron chi connectivity index (χ4n) is 2.35. The Kier molecular flexibility index (Phi) is 5.76. The Bertz CT molecular complexity index is 522. The van der Waals surface area contributed by atoms with Crippen molar-refractivity contribution in [1.82, 2.24) is 14.9 Å². The quantitative estimate of drug-likeness (QED) is 0.847. The normalized spacial score (nSPS) is 16.3. The summed E-state index contributed by atoms with van der Waals surface area (Å²) in [4.78, 5) is 22.1. The summed E-state index contributed by atoms with van der Waals surface area (Å²) in [7, 11) is 1.56. The van der Waals surface area contributed by atoms with E-state index in [1.807, 2.05) is 20.8 Å². The number of likely N-dealkylation sites (tertiary alicyclic amines) is 1. The van der Waals surface area contributed by atoms with Crippen LogP contribution in [0.2, 0.25) is 0 Å². The van der Waals surface area contributed by atoms with Gasteiger partial charge in [-0.1, -0.05) is 0 Å². The van der Waals surface area contributed by atoms with Crippen molar-refractivity contribution in [1.29, 1.82) is 0 Å².